The minimum Gasteiger partial charge on any atom is -0.352 e. The number of aromatic nitrogens is 3. The molecule has 6 nitrogen and oxygen atoms in total. The summed E-state index contributed by atoms with van der Waals surface area (Å²) in [5.41, 5.74) is 1.59. The Morgan fingerprint density at radius 2 is 1.73 bits per heavy atom. The van der Waals surface area contributed by atoms with Crippen LogP contribution in [0.1, 0.15) is 31.2 Å². The Bertz CT molecular complexity index is 922. The van der Waals surface area contributed by atoms with Gasteiger partial charge in [0, 0.05) is 19.5 Å². The minimum atomic E-state index is -0.115. The first-order valence-electron chi connectivity index (χ1n) is 8.87. The molecule has 0 atom stereocenters. The van der Waals surface area contributed by atoms with Crippen LogP contribution in [-0.2, 0) is 17.9 Å². The highest BCUT2D eigenvalue weighted by Gasteiger charge is 2.05. The van der Waals surface area contributed by atoms with E-state index in [2.05, 4.69) is 15.6 Å². The van der Waals surface area contributed by atoms with Crippen molar-refractivity contribution in [2.24, 2.45) is 0 Å². The summed E-state index contributed by atoms with van der Waals surface area (Å²) in [5.74, 6) is 0.0523. The Hall–Kier alpha value is -3.02. The summed E-state index contributed by atoms with van der Waals surface area (Å²) < 4.78 is 1.40. The summed E-state index contributed by atoms with van der Waals surface area (Å²) in [6, 6.07) is 17.1. The highest BCUT2D eigenvalue weighted by molar-refractivity contribution is 5.76. The zero-order valence-corrected chi connectivity index (χ0v) is 14.6. The largest absolute Gasteiger partial charge is 0.352 e. The molecule has 3 aromatic rings. The quantitative estimate of drug-likeness (QED) is 0.634. The van der Waals surface area contributed by atoms with Crippen molar-refractivity contribution in [1.82, 2.24) is 20.3 Å². The molecule has 3 rings (SSSR count). The van der Waals surface area contributed by atoms with E-state index < -0.39 is 0 Å². The molecule has 0 saturated heterocycles. The Morgan fingerprint density at radius 3 is 2.58 bits per heavy atom. The second-order valence-electron chi connectivity index (χ2n) is 6.21. The Balaban J connectivity index is 1.38. The fraction of sp³-hybridized carbons (Fsp3) is 0.300. The molecule has 1 N–H and O–H groups in total. The summed E-state index contributed by atoms with van der Waals surface area (Å²) >= 11 is 0. The van der Waals surface area contributed by atoms with Crippen LogP contribution in [0.15, 0.2) is 59.4 Å². The number of nitrogens with one attached hydrogen (secondary N) is 1. The van der Waals surface area contributed by atoms with Crippen LogP contribution in [-0.4, -0.2) is 20.9 Å². The number of unbranched alkanes of at least 4 members (excludes halogenated alkanes) is 2. The van der Waals surface area contributed by atoms with Crippen LogP contribution < -0.4 is 10.9 Å². The number of amides is 1. The highest BCUT2D eigenvalue weighted by Crippen LogP contribution is 2.05. The van der Waals surface area contributed by atoms with Gasteiger partial charge < -0.3 is 5.32 Å². The third-order valence-corrected chi connectivity index (χ3v) is 4.24. The lowest BCUT2D eigenvalue weighted by atomic mass is 10.1. The van der Waals surface area contributed by atoms with Crippen LogP contribution in [0.5, 0.6) is 0 Å². The summed E-state index contributed by atoms with van der Waals surface area (Å²) in [6.45, 7) is 1.07. The predicted molar refractivity (Wildman–Crippen MR) is 101 cm³/mol. The van der Waals surface area contributed by atoms with Crippen molar-refractivity contribution in [3.63, 3.8) is 0 Å². The normalized spacial score (nSPS) is 10.8. The van der Waals surface area contributed by atoms with E-state index in [1.165, 1.54) is 4.68 Å². The summed E-state index contributed by atoms with van der Waals surface area (Å²) in [5, 5.41) is 11.6. The van der Waals surface area contributed by atoms with Gasteiger partial charge in [0.2, 0.25) is 5.91 Å². The maximum absolute atomic E-state index is 12.3. The number of carbonyl (C=O) groups is 1. The molecule has 0 unspecified atom stereocenters. The Kier molecular flexibility index (Phi) is 6.09. The van der Waals surface area contributed by atoms with Gasteiger partial charge in [-0.1, -0.05) is 54.1 Å². The van der Waals surface area contributed by atoms with E-state index in [9.17, 15) is 9.59 Å². The molecule has 0 aliphatic carbocycles. The second-order valence-corrected chi connectivity index (χ2v) is 6.21. The molecular weight excluding hydrogens is 328 g/mol. The number of hydrogen-bond acceptors (Lipinski definition) is 4. The average Bonchev–Trinajstić information content (AvgIpc) is 2.69. The summed E-state index contributed by atoms with van der Waals surface area (Å²) in [6.07, 6.45) is 2.93. The van der Waals surface area contributed by atoms with Crippen LogP contribution in [0.25, 0.3) is 10.9 Å². The first-order valence-corrected chi connectivity index (χ1v) is 8.87. The molecule has 0 aliphatic heterocycles. The fourth-order valence-electron chi connectivity index (χ4n) is 2.78. The average molecular weight is 350 g/mol. The van der Waals surface area contributed by atoms with Crippen molar-refractivity contribution in [3.8, 4) is 0 Å². The van der Waals surface area contributed by atoms with Gasteiger partial charge in [0.05, 0.1) is 5.39 Å². The van der Waals surface area contributed by atoms with Crippen molar-refractivity contribution in [1.29, 1.82) is 0 Å². The highest BCUT2D eigenvalue weighted by atomic mass is 16.1. The number of rotatable bonds is 8. The van der Waals surface area contributed by atoms with Gasteiger partial charge in [0.25, 0.3) is 5.56 Å². The van der Waals surface area contributed by atoms with Gasteiger partial charge in [-0.2, -0.15) is 0 Å². The molecular formula is C20H22N4O2. The predicted octanol–water partition coefficient (Wildman–Crippen LogP) is 2.67. The smallest absolute Gasteiger partial charge is 0.277 e. The number of aryl methyl sites for hydroxylation is 1. The molecule has 0 fully saturated rings. The van der Waals surface area contributed by atoms with E-state index in [1.807, 2.05) is 42.5 Å². The van der Waals surface area contributed by atoms with Crippen molar-refractivity contribution in [2.75, 3.05) is 0 Å². The number of nitrogens with zero attached hydrogens (tertiary/aromatic N) is 3. The Labute approximate surface area is 151 Å². The molecule has 0 spiro atoms. The number of carbonyl (C=O) groups excluding carboxylic acids is 1. The number of benzene rings is 2. The topological polar surface area (TPSA) is 76.9 Å². The molecule has 1 heterocycles. The van der Waals surface area contributed by atoms with Gasteiger partial charge in [-0.05, 0) is 30.5 Å². The van der Waals surface area contributed by atoms with Crippen molar-refractivity contribution >= 4 is 16.8 Å². The zero-order chi connectivity index (χ0) is 18.2. The molecule has 1 aromatic heterocycles. The van der Waals surface area contributed by atoms with Gasteiger partial charge in [0.1, 0.15) is 5.52 Å². The SMILES string of the molecule is O=C(CCCCCn1nnc2ccccc2c1=O)NCc1ccccc1. The van der Waals surface area contributed by atoms with Crippen LogP contribution in [0.4, 0.5) is 0 Å². The summed E-state index contributed by atoms with van der Waals surface area (Å²) in [4.78, 5) is 24.2. The Morgan fingerprint density at radius 1 is 0.962 bits per heavy atom. The third kappa shape index (κ3) is 4.75. The molecule has 2 aromatic carbocycles. The summed E-state index contributed by atoms with van der Waals surface area (Å²) in [7, 11) is 0. The van der Waals surface area contributed by atoms with Gasteiger partial charge >= 0.3 is 0 Å². The fourth-order valence-corrected chi connectivity index (χ4v) is 2.78. The van der Waals surface area contributed by atoms with Gasteiger partial charge in [-0.15, -0.1) is 5.10 Å². The number of fused-ring (bicyclic) bond motifs is 1. The van der Waals surface area contributed by atoms with Gasteiger partial charge in [-0.3, -0.25) is 9.59 Å². The van der Waals surface area contributed by atoms with Crippen LogP contribution in [0.3, 0.4) is 0 Å². The molecule has 1 amide bonds. The van der Waals surface area contributed by atoms with E-state index in [4.69, 9.17) is 0 Å². The van der Waals surface area contributed by atoms with Crippen LogP contribution in [0.2, 0.25) is 0 Å². The maximum atomic E-state index is 12.3. The standard InChI is InChI=1S/C20H22N4O2/c25-19(21-15-16-9-3-1-4-10-16)13-5-2-8-14-24-20(26)17-11-6-7-12-18(17)22-23-24/h1,3-4,6-7,9-12H,2,5,8,13-15H2,(H,21,25). The maximum Gasteiger partial charge on any atom is 0.277 e. The van der Waals surface area contributed by atoms with E-state index in [0.29, 0.717) is 30.4 Å². The van der Waals surface area contributed by atoms with E-state index in [-0.39, 0.29) is 11.5 Å². The second kappa shape index (κ2) is 8.89. The first kappa shape index (κ1) is 17.8. The zero-order valence-electron chi connectivity index (χ0n) is 14.6. The number of hydrogen-bond donors (Lipinski definition) is 1. The minimum absolute atomic E-state index is 0.0523. The van der Waals surface area contributed by atoms with Crippen LogP contribution in [0, 0.1) is 0 Å². The van der Waals surface area contributed by atoms with E-state index in [0.717, 1.165) is 24.8 Å². The molecule has 26 heavy (non-hydrogen) atoms. The lowest BCUT2D eigenvalue weighted by molar-refractivity contribution is -0.121. The lowest BCUT2D eigenvalue weighted by Crippen LogP contribution is -2.24. The molecule has 0 saturated carbocycles. The lowest BCUT2D eigenvalue weighted by Gasteiger charge is -2.06. The molecule has 0 radical (unpaired) electrons. The molecule has 6 heteroatoms. The van der Waals surface area contributed by atoms with E-state index >= 15 is 0 Å². The molecule has 0 bridgehead atoms. The molecule has 134 valence electrons. The van der Waals surface area contributed by atoms with Gasteiger partial charge in [0.15, 0.2) is 0 Å². The van der Waals surface area contributed by atoms with Crippen molar-refractivity contribution < 1.29 is 4.79 Å². The first-order chi connectivity index (χ1) is 12.7. The monoisotopic (exact) mass is 350 g/mol. The third-order valence-electron chi connectivity index (χ3n) is 4.24. The van der Waals surface area contributed by atoms with E-state index in [1.54, 1.807) is 12.1 Å². The van der Waals surface area contributed by atoms with Crippen molar-refractivity contribution in [2.45, 2.75) is 38.8 Å². The van der Waals surface area contributed by atoms with Crippen molar-refractivity contribution in [3.05, 3.63) is 70.5 Å². The van der Waals surface area contributed by atoms with Gasteiger partial charge in [-0.25, -0.2) is 4.68 Å². The van der Waals surface area contributed by atoms with Crippen LogP contribution >= 0.6 is 0 Å². The molecule has 0 aliphatic rings.